The molecule has 0 spiro atoms. The molecule has 182 valence electrons. The Kier molecular flexibility index (Phi) is 8.21. The fourth-order valence-corrected chi connectivity index (χ4v) is 4.68. The van der Waals surface area contributed by atoms with Gasteiger partial charge in [-0.25, -0.2) is 0 Å². The Balaban J connectivity index is 1.78. The second kappa shape index (κ2) is 10.2. The number of fused-ring (bicyclic) bond motifs is 1. The molecule has 2 aliphatic rings. The van der Waals surface area contributed by atoms with Crippen LogP contribution >= 0.6 is 0 Å². The van der Waals surface area contributed by atoms with E-state index in [1.165, 1.54) is 0 Å². The first-order valence-electron chi connectivity index (χ1n) is 11.3. The average molecular weight is 469 g/mol. The summed E-state index contributed by atoms with van der Waals surface area (Å²) < 4.78 is 42.5. The quantitative estimate of drug-likeness (QED) is 0.371. The number of hydrogen-bond donors (Lipinski definition) is 0. The molecule has 0 N–H and O–H groups in total. The Hall–Kier alpha value is -0.843. The molecule has 0 aromatic heterocycles. The summed E-state index contributed by atoms with van der Waals surface area (Å²) in [6, 6.07) is 10.1. The Bertz CT molecular complexity index is 719. The molecule has 0 amide bonds. The van der Waals surface area contributed by atoms with Crippen LogP contribution in [0.1, 0.15) is 40.2 Å². The molecule has 8 heteroatoms. The predicted octanol–water partition coefficient (Wildman–Crippen LogP) is 4.46. The third-order valence-corrected chi connectivity index (χ3v) is 11.0. The van der Waals surface area contributed by atoms with E-state index >= 15 is 0 Å². The molecule has 1 aromatic rings. The van der Waals surface area contributed by atoms with Gasteiger partial charge >= 0.3 is 0 Å². The summed E-state index contributed by atoms with van der Waals surface area (Å²) in [5.41, 5.74) is 1.09. The summed E-state index contributed by atoms with van der Waals surface area (Å²) in [4.78, 5) is 0. The number of rotatable bonds is 10. The first-order valence-corrected chi connectivity index (χ1v) is 14.3. The maximum Gasteiger partial charge on any atom is 0.192 e. The highest BCUT2D eigenvalue weighted by Gasteiger charge is 2.57. The molecule has 2 heterocycles. The van der Waals surface area contributed by atoms with Crippen LogP contribution in [0.5, 0.6) is 0 Å². The highest BCUT2D eigenvalue weighted by molar-refractivity contribution is 6.74. The lowest BCUT2D eigenvalue weighted by molar-refractivity contribution is -0.241. The summed E-state index contributed by atoms with van der Waals surface area (Å²) in [6.07, 6.45) is -2.05. The van der Waals surface area contributed by atoms with Gasteiger partial charge in [0.25, 0.3) is 0 Å². The monoisotopic (exact) mass is 468 g/mol. The second-order valence-corrected chi connectivity index (χ2v) is 15.3. The van der Waals surface area contributed by atoms with E-state index in [-0.39, 0.29) is 24.0 Å². The van der Waals surface area contributed by atoms with Gasteiger partial charge in [-0.1, -0.05) is 51.1 Å². The van der Waals surface area contributed by atoms with E-state index in [4.69, 9.17) is 32.8 Å². The molecule has 0 bridgehead atoms. The van der Waals surface area contributed by atoms with Crippen LogP contribution in [0.3, 0.4) is 0 Å². The van der Waals surface area contributed by atoms with Gasteiger partial charge in [0.15, 0.2) is 20.4 Å². The molecule has 0 aliphatic carbocycles. The summed E-state index contributed by atoms with van der Waals surface area (Å²) in [5, 5.41) is 0.0895. The molecule has 0 saturated carbocycles. The molecule has 2 aliphatic heterocycles. The molecule has 3 rings (SSSR count). The molecule has 0 radical (unpaired) electrons. The molecular weight excluding hydrogens is 428 g/mol. The van der Waals surface area contributed by atoms with Crippen molar-refractivity contribution in [3.63, 3.8) is 0 Å². The molecule has 5 atom stereocenters. The Labute approximate surface area is 193 Å². The van der Waals surface area contributed by atoms with Crippen molar-refractivity contribution in [2.75, 3.05) is 20.5 Å². The van der Waals surface area contributed by atoms with Gasteiger partial charge < -0.3 is 32.8 Å². The third-order valence-electron chi connectivity index (χ3n) is 6.49. The van der Waals surface area contributed by atoms with Gasteiger partial charge in [-0.2, -0.15) is 0 Å². The SMILES string of the molecule is COCO[C@@H]1[C@H]2OC(C)(C)O[C@H]2O[C@@H]1[C@@H](CO[Si](C)(C)C(C)(C)C)OCc1ccccc1. The van der Waals surface area contributed by atoms with Gasteiger partial charge in [0, 0.05) is 7.11 Å². The maximum absolute atomic E-state index is 6.54. The highest BCUT2D eigenvalue weighted by atomic mass is 28.4. The molecule has 1 aromatic carbocycles. The second-order valence-electron chi connectivity index (χ2n) is 10.5. The molecule has 0 unspecified atom stereocenters. The number of benzene rings is 1. The lowest BCUT2D eigenvalue weighted by Gasteiger charge is -2.38. The van der Waals surface area contributed by atoms with Gasteiger partial charge in [0.1, 0.15) is 31.2 Å². The zero-order valence-corrected chi connectivity index (χ0v) is 21.8. The highest BCUT2D eigenvalue weighted by Crippen LogP contribution is 2.41. The third kappa shape index (κ3) is 6.18. The van der Waals surface area contributed by atoms with Gasteiger partial charge in [0.2, 0.25) is 0 Å². The minimum Gasteiger partial charge on any atom is -0.414 e. The minimum atomic E-state index is -1.99. The van der Waals surface area contributed by atoms with Crippen LogP contribution in [0.25, 0.3) is 0 Å². The molecule has 7 nitrogen and oxygen atoms in total. The van der Waals surface area contributed by atoms with E-state index in [9.17, 15) is 0 Å². The van der Waals surface area contributed by atoms with Crippen LogP contribution in [0.15, 0.2) is 30.3 Å². The van der Waals surface area contributed by atoms with Gasteiger partial charge in [0.05, 0.1) is 13.2 Å². The summed E-state index contributed by atoms with van der Waals surface area (Å²) in [7, 11) is -0.390. The Morgan fingerprint density at radius 2 is 1.78 bits per heavy atom. The molecular formula is C24H40O7Si. The van der Waals surface area contributed by atoms with Gasteiger partial charge in [-0.3, -0.25) is 0 Å². The van der Waals surface area contributed by atoms with E-state index in [0.29, 0.717) is 13.2 Å². The van der Waals surface area contributed by atoms with E-state index in [2.05, 4.69) is 33.9 Å². The maximum atomic E-state index is 6.54. The normalized spacial score (nSPS) is 28.6. The minimum absolute atomic E-state index is 0.0895. The predicted molar refractivity (Wildman–Crippen MR) is 124 cm³/mol. The van der Waals surface area contributed by atoms with Crippen molar-refractivity contribution in [1.82, 2.24) is 0 Å². The van der Waals surface area contributed by atoms with E-state index in [1.54, 1.807) is 7.11 Å². The number of ether oxygens (including phenoxy) is 6. The standard InChI is InChI=1S/C24H40O7Si/c1-23(2,3)32(7,8)28-15-18(26-14-17-12-10-9-11-13-17)19-20(27-16-25-6)21-22(29-19)31-24(4,5)30-21/h9-13,18-22H,14-16H2,1-8H3/t18-,19-,20+,21-,22-/m1/s1. The summed E-state index contributed by atoms with van der Waals surface area (Å²) >= 11 is 0. The summed E-state index contributed by atoms with van der Waals surface area (Å²) in [6.45, 7) is 15.9. The lowest BCUT2D eigenvalue weighted by atomic mass is 10.1. The van der Waals surface area contributed by atoms with Crippen molar-refractivity contribution < 1.29 is 32.8 Å². The van der Waals surface area contributed by atoms with Crippen LogP contribution in [0, 0.1) is 0 Å². The fraction of sp³-hybridized carbons (Fsp3) is 0.750. The summed E-state index contributed by atoms with van der Waals surface area (Å²) in [5.74, 6) is -0.729. The zero-order valence-electron chi connectivity index (χ0n) is 20.8. The molecule has 32 heavy (non-hydrogen) atoms. The lowest BCUT2D eigenvalue weighted by Crippen LogP contribution is -2.49. The van der Waals surface area contributed by atoms with E-state index < -0.39 is 32.6 Å². The van der Waals surface area contributed by atoms with Gasteiger partial charge in [-0.15, -0.1) is 0 Å². The number of methoxy groups -OCH3 is 1. The smallest absolute Gasteiger partial charge is 0.192 e. The van der Waals surface area contributed by atoms with Crippen LogP contribution < -0.4 is 0 Å². The first-order chi connectivity index (χ1) is 14.9. The Morgan fingerprint density at radius 1 is 1.09 bits per heavy atom. The van der Waals surface area contributed by atoms with E-state index in [1.807, 2.05) is 44.2 Å². The molecule has 2 saturated heterocycles. The molecule has 2 fully saturated rings. The largest absolute Gasteiger partial charge is 0.414 e. The van der Waals surface area contributed by atoms with Crippen LogP contribution in [-0.4, -0.2) is 65.3 Å². The van der Waals surface area contributed by atoms with Crippen molar-refractivity contribution >= 4 is 8.32 Å². The number of hydrogen-bond acceptors (Lipinski definition) is 7. The fourth-order valence-electron chi connectivity index (χ4n) is 3.66. The van der Waals surface area contributed by atoms with Crippen molar-refractivity contribution in [3.8, 4) is 0 Å². The van der Waals surface area contributed by atoms with Gasteiger partial charge in [-0.05, 0) is 37.5 Å². The topological polar surface area (TPSA) is 64.6 Å². The van der Waals surface area contributed by atoms with Crippen molar-refractivity contribution in [2.45, 2.75) is 95.9 Å². The van der Waals surface area contributed by atoms with Crippen molar-refractivity contribution in [1.29, 1.82) is 0 Å². The first kappa shape index (κ1) is 25.8. The van der Waals surface area contributed by atoms with Crippen LogP contribution in [0.4, 0.5) is 0 Å². The average Bonchev–Trinajstić information content (AvgIpc) is 3.18. The van der Waals surface area contributed by atoms with Crippen molar-refractivity contribution in [3.05, 3.63) is 35.9 Å². The van der Waals surface area contributed by atoms with Crippen molar-refractivity contribution in [2.24, 2.45) is 0 Å². The van der Waals surface area contributed by atoms with Crippen LogP contribution in [-0.2, 0) is 39.5 Å². The zero-order chi connectivity index (χ0) is 23.6. The van der Waals surface area contributed by atoms with E-state index in [0.717, 1.165) is 5.56 Å². The Morgan fingerprint density at radius 3 is 2.41 bits per heavy atom. The van der Waals surface area contributed by atoms with Crippen LogP contribution in [0.2, 0.25) is 18.1 Å².